The van der Waals surface area contributed by atoms with Gasteiger partial charge in [-0.15, -0.1) is 11.3 Å². The predicted molar refractivity (Wildman–Crippen MR) is 80.2 cm³/mol. The fourth-order valence-electron chi connectivity index (χ4n) is 2.16. The van der Waals surface area contributed by atoms with E-state index in [0.717, 1.165) is 17.9 Å². The number of aryl methyl sites for hydroxylation is 3. The molecule has 0 aliphatic heterocycles. The van der Waals surface area contributed by atoms with Crippen LogP contribution in [0.3, 0.4) is 0 Å². The number of oxazole rings is 1. The average molecular weight is 288 g/mol. The van der Waals surface area contributed by atoms with Crippen molar-refractivity contribution in [3.63, 3.8) is 0 Å². The second kappa shape index (κ2) is 4.86. The summed E-state index contributed by atoms with van der Waals surface area (Å²) in [4.78, 5) is 17.9. The molecule has 0 radical (unpaired) electrons. The maximum atomic E-state index is 5.51. The van der Waals surface area contributed by atoms with Gasteiger partial charge in [0.15, 0.2) is 17.2 Å². The van der Waals surface area contributed by atoms with E-state index in [2.05, 4.69) is 38.9 Å². The van der Waals surface area contributed by atoms with Crippen LogP contribution in [0.2, 0.25) is 0 Å². The van der Waals surface area contributed by atoms with Gasteiger partial charge in [0.1, 0.15) is 5.82 Å². The van der Waals surface area contributed by atoms with Crippen LogP contribution < -0.4 is 4.90 Å². The van der Waals surface area contributed by atoms with Gasteiger partial charge in [-0.2, -0.15) is 4.98 Å². The second-order valence-electron chi connectivity index (χ2n) is 4.85. The minimum absolute atomic E-state index is 0.555. The Kier molecular flexibility index (Phi) is 3.17. The number of aromatic nitrogens is 3. The molecule has 6 heteroatoms. The molecule has 3 heterocycles. The van der Waals surface area contributed by atoms with Gasteiger partial charge in [-0.05, 0) is 26.0 Å². The van der Waals surface area contributed by atoms with Crippen molar-refractivity contribution in [2.24, 2.45) is 0 Å². The Morgan fingerprint density at radius 3 is 2.65 bits per heavy atom. The molecule has 0 bridgehead atoms. The van der Waals surface area contributed by atoms with Crippen molar-refractivity contribution in [2.45, 2.75) is 27.3 Å². The predicted octanol–water partition coefficient (Wildman–Crippen LogP) is 3.24. The first-order valence-corrected chi connectivity index (χ1v) is 7.23. The summed E-state index contributed by atoms with van der Waals surface area (Å²) in [5.41, 5.74) is 1.28. The third-order valence-electron chi connectivity index (χ3n) is 3.01. The second-order valence-corrected chi connectivity index (χ2v) is 6.22. The van der Waals surface area contributed by atoms with E-state index in [9.17, 15) is 0 Å². The van der Waals surface area contributed by atoms with E-state index in [1.54, 1.807) is 11.3 Å². The van der Waals surface area contributed by atoms with Crippen molar-refractivity contribution in [1.82, 2.24) is 15.0 Å². The van der Waals surface area contributed by atoms with E-state index in [0.29, 0.717) is 17.4 Å². The number of hydrogen-bond donors (Lipinski definition) is 0. The molecule has 104 valence electrons. The van der Waals surface area contributed by atoms with E-state index in [1.807, 2.05) is 20.9 Å². The highest BCUT2D eigenvalue weighted by atomic mass is 32.1. The van der Waals surface area contributed by atoms with Crippen LogP contribution in [-0.4, -0.2) is 22.0 Å². The van der Waals surface area contributed by atoms with Gasteiger partial charge in [-0.3, -0.25) is 0 Å². The third-order valence-corrected chi connectivity index (χ3v) is 4.00. The molecule has 5 nitrogen and oxygen atoms in total. The number of hydrogen-bond acceptors (Lipinski definition) is 6. The number of thiophene rings is 1. The minimum atomic E-state index is 0.555. The van der Waals surface area contributed by atoms with Crippen molar-refractivity contribution >= 4 is 28.4 Å². The lowest BCUT2D eigenvalue weighted by Gasteiger charge is -2.17. The molecule has 0 aromatic carbocycles. The van der Waals surface area contributed by atoms with Gasteiger partial charge in [0.05, 0.1) is 6.54 Å². The summed E-state index contributed by atoms with van der Waals surface area (Å²) in [5, 5.41) is 0. The lowest BCUT2D eigenvalue weighted by atomic mass is 10.4. The number of nitrogens with zero attached hydrogens (tertiary/aromatic N) is 4. The van der Waals surface area contributed by atoms with E-state index < -0.39 is 0 Å². The molecule has 0 aliphatic carbocycles. The smallest absolute Gasteiger partial charge is 0.252 e. The Hall–Kier alpha value is -1.95. The van der Waals surface area contributed by atoms with Crippen LogP contribution in [0.15, 0.2) is 16.5 Å². The molecule has 3 aromatic rings. The molecule has 0 N–H and O–H groups in total. The van der Waals surface area contributed by atoms with Crippen molar-refractivity contribution in [1.29, 1.82) is 0 Å². The Bertz CT molecular complexity index is 762. The molecule has 0 fully saturated rings. The van der Waals surface area contributed by atoms with Crippen molar-refractivity contribution in [3.8, 4) is 0 Å². The normalized spacial score (nSPS) is 11.2. The highest BCUT2D eigenvalue weighted by Crippen LogP contribution is 2.25. The van der Waals surface area contributed by atoms with Crippen molar-refractivity contribution in [2.75, 3.05) is 11.9 Å². The molecular formula is C14H16N4OS. The van der Waals surface area contributed by atoms with Gasteiger partial charge in [0.2, 0.25) is 0 Å². The van der Waals surface area contributed by atoms with E-state index in [-0.39, 0.29) is 0 Å². The molecule has 0 spiro atoms. The van der Waals surface area contributed by atoms with Gasteiger partial charge < -0.3 is 9.32 Å². The van der Waals surface area contributed by atoms with Crippen LogP contribution >= 0.6 is 11.3 Å². The first-order chi connectivity index (χ1) is 9.52. The first kappa shape index (κ1) is 13.1. The monoisotopic (exact) mass is 288 g/mol. The third kappa shape index (κ3) is 2.38. The number of rotatable bonds is 3. The summed E-state index contributed by atoms with van der Waals surface area (Å²) in [7, 11) is 2.01. The van der Waals surface area contributed by atoms with Gasteiger partial charge in [0, 0.05) is 23.7 Å². The molecule has 0 aliphatic rings. The molecule has 0 atom stereocenters. The van der Waals surface area contributed by atoms with Gasteiger partial charge in [-0.25, -0.2) is 9.97 Å². The molecule has 0 saturated heterocycles. The molecule has 3 aromatic heterocycles. The van der Waals surface area contributed by atoms with Crippen LogP contribution in [-0.2, 0) is 6.54 Å². The molecule has 3 rings (SSSR count). The van der Waals surface area contributed by atoms with E-state index in [4.69, 9.17) is 4.42 Å². The zero-order chi connectivity index (χ0) is 14.3. The van der Waals surface area contributed by atoms with Gasteiger partial charge in [0.25, 0.3) is 5.71 Å². The fraction of sp³-hybridized carbons (Fsp3) is 0.357. The van der Waals surface area contributed by atoms with Crippen LogP contribution in [0.5, 0.6) is 0 Å². The summed E-state index contributed by atoms with van der Waals surface area (Å²) in [5.74, 6) is 2.12. The Morgan fingerprint density at radius 2 is 1.95 bits per heavy atom. The number of fused-ring (bicyclic) bond motifs is 1. The highest BCUT2D eigenvalue weighted by molar-refractivity contribution is 7.11. The summed E-state index contributed by atoms with van der Waals surface area (Å²) in [6, 6.07) is 4.28. The van der Waals surface area contributed by atoms with Crippen molar-refractivity contribution in [3.05, 3.63) is 33.6 Å². The van der Waals surface area contributed by atoms with E-state index in [1.165, 1.54) is 9.75 Å². The molecular weight excluding hydrogens is 272 g/mol. The van der Waals surface area contributed by atoms with Crippen LogP contribution in [0.25, 0.3) is 11.2 Å². The average Bonchev–Trinajstić information content (AvgIpc) is 2.93. The largest absolute Gasteiger partial charge is 0.422 e. The maximum absolute atomic E-state index is 5.51. The fourth-order valence-corrected chi connectivity index (χ4v) is 3.10. The zero-order valence-electron chi connectivity index (χ0n) is 12.0. The van der Waals surface area contributed by atoms with E-state index >= 15 is 0 Å². The van der Waals surface area contributed by atoms with Gasteiger partial charge in [-0.1, -0.05) is 0 Å². The van der Waals surface area contributed by atoms with Gasteiger partial charge >= 0.3 is 0 Å². The lowest BCUT2D eigenvalue weighted by molar-refractivity contribution is 0.550. The molecule has 0 unspecified atom stereocenters. The van der Waals surface area contributed by atoms with Crippen molar-refractivity contribution < 1.29 is 4.42 Å². The maximum Gasteiger partial charge on any atom is 0.252 e. The summed E-state index contributed by atoms with van der Waals surface area (Å²) >= 11 is 1.80. The number of anilines is 1. The van der Waals surface area contributed by atoms with Crippen LogP contribution in [0.1, 0.15) is 21.5 Å². The minimum Gasteiger partial charge on any atom is -0.422 e. The summed E-state index contributed by atoms with van der Waals surface area (Å²) in [6.45, 7) is 6.60. The molecule has 20 heavy (non-hydrogen) atoms. The lowest BCUT2D eigenvalue weighted by Crippen LogP contribution is -2.18. The van der Waals surface area contributed by atoms with Crippen LogP contribution in [0.4, 0.5) is 5.82 Å². The molecule has 0 saturated carbocycles. The van der Waals surface area contributed by atoms with Crippen LogP contribution in [0, 0.1) is 20.8 Å². The summed E-state index contributed by atoms with van der Waals surface area (Å²) < 4.78 is 5.51. The SMILES string of the molecule is Cc1nc(N(C)Cc2ccc(C)s2)c2nc(C)oc2n1. The highest BCUT2D eigenvalue weighted by Gasteiger charge is 2.16. The molecule has 0 amide bonds. The zero-order valence-corrected chi connectivity index (χ0v) is 12.8. The Balaban J connectivity index is 1.99. The Morgan fingerprint density at radius 1 is 1.15 bits per heavy atom. The summed E-state index contributed by atoms with van der Waals surface area (Å²) in [6.07, 6.45) is 0. The quantitative estimate of drug-likeness (QED) is 0.740. The Labute approximate surface area is 121 Å². The first-order valence-electron chi connectivity index (χ1n) is 6.41. The topological polar surface area (TPSA) is 55.1 Å². The standard InChI is InChI=1S/C14H16N4OS/c1-8-5-6-11(20-8)7-18(4)13-12-14(16-9(2)15-13)19-10(3)17-12/h5-6H,7H2,1-4H3.